The van der Waals surface area contributed by atoms with Gasteiger partial charge in [0.15, 0.2) is 0 Å². The molecule has 4 rings (SSSR count). The summed E-state index contributed by atoms with van der Waals surface area (Å²) in [6.45, 7) is 11.8. The minimum absolute atomic E-state index is 0.0807. The van der Waals surface area contributed by atoms with Crippen molar-refractivity contribution in [1.82, 2.24) is 9.88 Å². The molecule has 1 fully saturated rings. The molecule has 162 valence electrons. The van der Waals surface area contributed by atoms with Crippen LogP contribution in [0.3, 0.4) is 0 Å². The number of benzene rings is 2. The lowest BCUT2D eigenvalue weighted by atomic mass is 10.1. The number of hydrogen-bond acceptors (Lipinski definition) is 5. The van der Waals surface area contributed by atoms with Gasteiger partial charge in [-0.25, -0.2) is 4.98 Å². The first kappa shape index (κ1) is 21.4. The van der Waals surface area contributed by atoms with E-state index >= 15 is 0 Å². The number of aryl methyl sites for hydroxylation is 3. The number of anilines is 1. The molecule has 0 N–H and O–H groups in total. The van der Waals surface area contributed by atoms with Crippen LogP contribution in [0.5, 0.6) is 5.75 Å². The monoisotopic (exact) mass is 435 g/mol. The molecule has 0 atom stereocenters. The molecule has 1 saturated heterocycles. The molecule has 1 aliphatic heterocycles. The summed E-state index contributed by atoms with van der Waals surface area (Å²) in [5.41, 5.74) is 5.88. The zero-order valence-electron chi connectivity index (χ0n) is 18.6. The van der Waals surface area contributed by atoms with E-state index in [1.807, 2.05) is 43.0 Å². The van der Waals surface area contributed by atoms with E-state index in [9.17, 15) is 4.79 Å². The van der Waals surface area contributed by atoms with Crippen LogP contribution in [-0.2, 0) is 6.61 Å². The quantitative estimate of drug-likeness (QED) is 0.571. The average molecular weight is 436 g/mol. The number of ether oxygens (including phenoxy) is 1. The molecule has 0 radical (unpaired) electrons. The fraction of sp³-hybridized carbons (Fsp3) is 0.360. The van der Waals surface area contributed by atoms with E-state index in [0.29, 0.717) is 6.61 Å². The number of nitrogens with zero attached hydrogens (tertiary/aromatic N) is 3. The van der Waals surface area contributed by atoms with Gasteiger partial charge in [0.05, 0.1) is 5.69 Å². The lowest BCUT2D eigenvalue weighted by molar-refractivity contribution is 0.0750. The van der Waals surface area contributed by atoms with E-state index in [1.165, 1.54) is 33.7 Å². The van der Waals surface area contributed by atoms with Gasteiger partial charge in [0.2, 0.25) is 0 Å². The SMILES string of the molecule is Cc1ccc(OCc2nc(C)c(C(=O)N3CCN(c4cccc(C)c4C)CC3)s2)cc1. The minimum Gasteiger partial charge on any atom is -0.486 e. The van der Waals surface area contributed by atoms with Crippen LogP contribution in [-0.4, -0.2) is 42.0 Å². The molecule has 2 aromatic carbocycles. The van der Waals surface area contributed by atoms with Crippen molar-refractivity contribution in [3.63, 3.8) is 0 Å². The van der Waals surface area contributed by atoms with E-state index in [-0.39, 0.29) is 5.91 Å². The lowest BCUT2D eigenvalue weighted by Crippen LogP contribution is -2.49. The minimum atomic E-state index is 0.0807. The van der Waals surface area contributed by atoms with Crippen molar-refractivity contribution in [3.05, 3.63) is 74.7 Å². The van der Waals surface area contributed by atoms with Gasteiger partial charge in [-0.15, -0.1) is 11.3 Å². The van der Waals surface area contributed by atoms with Crippen LogP contribution < -0.4 is 9.64 Å². The maximum Gasteiger partial charge on any atom is 0.265 e. The Labute approximate surface area is 188 Å². The Morgan fingerprint density at radius 2 is 1.71 bits per heavy atom. The summed E-state index contributed by atoms with van der Waals surface area (Å²) in [4.78, 5) is 22.8. The van der Waals surface area contributed by atoms with E-state index in [1.54, 1.807) is 0 Å². The van der Waals surface area contributed by atoms with E-state index < -0.39 is 0 Å². The van der Waals surface area contributed by atoms with Gasteiger partial charge < -0.3 is 14.5 Å². The van der Waals surface area contributed by atoms with Crippen molar-refractivity contribution in [2.24, 2.45) is 0 Å². The van der Waals surface area contributed by atoms with Gasteiger partial charge in [0.25, 0.3) is 5.91 Å². The molecular formula is C25H29N3O2S. The summed E-state index contributed by atoms with van der Waals surface area (Å²) < 4.78 is 5.84. The van der Waals surface area contributed by atoms with Crippen LogP contribution in [0.15, 0.2) is 42.5 Å². The topological polar surface area (TPSA) is 45.7 Å². The molecule has 1 aromatic heterocycles. The Morgan fingerprint density at radius 1 is 1.00 bits per heavy atom. The van der Waals surface area contributed by atoms with Gasteiger partial charge in [0, 0.05) is 31.9 Å². The fourth-order valence-electron chi connectivity index (χ4n) is 3.86. The highest BCUT2D eigenvalue weighted by atomic mass is 32.1. The zero-order chi connectivity index (χ0) is 22.0. The Kier molecular flexibility index (Phi) is 6.28. The molecule has 3 aromatic rings. The van der Waals surface area contributed by atoms with Crippen LogP contribution >= 0.6 is 11.3 Å². The highest BCUT2D eigenvalue weighted by Gasteiger charge is 2.26. The number of hydrogen-bond donors (Lipinski definition) is 0. The van der Waals surface area contributed by atoms with E-state index in [2.05, 4.69) is 41.9 Å². The second kappa shape index (κ2) is 9.10. The normalized spacial score (nSPS) is 14.1. The highest BCUT2D eigenvalue weighted by Crippen LogP contribution is 2.26. The average Bonchev–Trinajstić information content (AvgIpc) is 3.15. The van der Waals surface area contributed by atoms with E-state index in [0.717, 1.165) is 47.5 Å². The number of thiazole rings is 1. The Bertz CT molecular complexity index is 1070. The van der Waals surface area contributed by atoms with Crippen molar-refractivity contribution in [3.8, 4) is 5.75 Å². The van der Waals surface area contributed by atoms with Gasteiger partial charge in [-0.1, -0.05) is 29.8 Å². The number of carbonyl (C=O) groups is 1. The number of amides is 1. The summed E-state index contributed by atoms with van der Waals surface area (Å²) in [6.07, 6.45) is 0. The van der Waals surface area contributed by atoms with Crippen LogP contribution in [0.25, 0.3) is 0 Å². The Morgan fingerprint density at radius 3 is 2.42 bits per heavy atom. The molecule has 5 nitrogen and oxygen atoms in total. The van der Waals surface area contributed by atoms with E-state index in [4.69, 9.17) is 4.74 Å². The summed E-state index contributed by atoms with van der Waals surface area (Å²) in [6, 6.07) is 14.4. The lowest BCUT2D eigenvalue weighted by Gasteiger charge is -2.37. The second-order valence-electron chi connectivity index (χ2n) is 8.12. The third kappa shape index (κ3) is 4.74. The first-order chi connectivity index (χ1) is 14.9. The van der Waals surface area contributed by atoms with Crippen molar-refractivity contribution in [2.45, 2.75) is 34.3 Å². The molecule has 2 heterocycles. The third-order valence-corrected chi connectivity index (χ3v) is 7.02. The van der Waals surface area contributed by atoms with Crippen LogP contribution in [0.4, 0.5) is 5.69 Å². The Hall–Kier alpha value is -2.86. The summed E-state index contributed by atoms with van der Waals surface area (Å²) in [5.74, 6) is 0.895. The van der Waals surface area contributed by atoms with Crippen molar-refractivity contribution in [2.75, 3.05) is 31.1 Å². The number of piperazine rings is 1. The fourth-order valence-corrected chi connectivity index (χ4v) is 4.81. The molecule has 1 amide bonds. The predicted octanol–water partition coefficient (Wildman–Crippen LogP) is 4.92. The number of aromatic nitrogens is 1. The van der Waals surface area contributed by atoms with Gasteiger partial charge in [-0.3, -0.25) is 4.79 Å². The molecule has 0 aliphatic carbocycles. The van der Waals surface area contributed by atoms with Crippen LogP contribution in [0, 0.1) is 27.7 Å². The van der Waals surface area contributed by atoms with Gasteiger partial charge in [-0.05, 0) is 57.0 Å². The molecule has 31 heavy (non-hydrogen) atoms. The Balaban J connectivity index is 1.37. The van der Waals surface area contributed by atoms with Gasteiger partial charge in [0.1, 0.15) is 22.2 Å². The molecule has 6 heteroatoms. The van der Waals surface area contributed by atoms with Gasteiger partial charge >= 0.3 is 0 Å². The molecule has 0 spiro atoms. The summed E-state index contributed by atoms with van der Waals surface area (Å²) in [7, 11) is 0. The van der Waals surface area contributed by atoms with Gasteiger partial charge in [-0.2, -0.15) is 0 Å². The summed E-state index contributed by atoms with van der Waals surface area (Å²) >= 11 is 1.44. The molecule has 0 bridgehead atoms. The molecule has 0 saturated carbocycles. The third-order valence-electron chi connectivity index (χ3n) is 5.90. The van der Waals surface area contributed by atoms with Crippen LogP contribution in [0.2, 0.25) is 0 Å². The largest absolute Gasteiger partial charge is 0.486 e. The smallest absolute Gasteiger partial charge is 0.265 e. The molecular weight excluding hydrogens is 406 g/mol. The number of carbonyl (C=O) groups excluding carboxylic acids is 1. The maximum absolute atomic E-state index is 13.1. The second-order valence-corrected chi connectivity index (χ2v) is 9.21. The molecule has 0 unspecified atom stereocenters. The predicted molar refractivity (Wildman–Crippen MR) is 126 cm³/mol. The zero-order valence-corrected chi connectivity index (χ0v) is 19.5. The maximum atomic E-state index is 13.1. The van der Waals surface area contributed by atoms with Crippen molar-refractivity contribution >= 4 is 22.9 Å². The number of rotatable bonds is 5. The van der Waals surface area contributed by atoms with Crippen LogP contribution in [0.1, 0.15) is 37.1 Å². The standard InChI is InChI=1S/C25H29N3O2S/c1-17-8-10-21(11-9-17)30-16-23-26-20(4)24(31-23)25(29)28-14-12-27(13-15-28)22-7-5-6-18(2)19(22)3/h5-11H,12-16H2,1-4H3. The molecule has 1 aliphatic rings. The van der Waals surface area contributed by atoms with Crippen molar-refractivity contribution < 1.29 is 9.53 Å². The summed E-state index contributed by atoms with van der Waals surface area (Å²) in [5, 5.41) is 0.829. The first-order valence-electron chi connectivity index (χ1n) is 10.7. The highest BCUT2D eigenvalue weighted by molar-refractivity contribution is 7.13. The van der Waals surface area contributed by atoms with Crippen molar-refractivity contribution in [1.29, 1.82) is 0 Å². The first-order valence-corrected chi connectivity index (χ1v) is 11.5.